The lowest BCUT2D eigenvalue weighted by Gasteiger charge is -2.33. The standard InChI is InChI=1S/C14H20F6O4/c1-5-23-11(21)9(7(3)13(15,16)17)10(12(22)24-6-2)8(4)14(18,19)20/h7-10H,5-6H2,1-4H3. The zero-order chi connectivity index (χ0) is 19.3. The van der Waals surface area contributed by atoms with Gasteiger partial charge in [-0.3, -0.25) is 9.59 Å². The molecule has 24 heavy (non-hydrogen) atoms. The van der Waals surface area contributed by atoms with E-state index in [-0.39, 0.29) is 13.2 Å². The number of hydrogen-bond donors (Lipinski definition) is 0. The van der Waals surface area contributed by atoms with Crippen molar-refractivity contribution in [2.45, 2.75) is 40.0 Å². The van der Waals surface area contributed by atoms with E-state index in [1.54, 1.807) is 0 Å². The van der Waals surface area contributed by atoms with Gasteiger partial charge in [-0.1, -0.05) is 13.8 Å². The minimum atomic E-state index is -4.99. The lowest BCUT2D eigenvalue weighted by Crippen LogP contribution is -2.47. The van der Waals surface area contributed by atoms with Crippen LogP contribution in [0.3, 0.4) is 0 Å². The molecule has 0 bridgehead atoms. The molecular formula is C14H20F6O4. The van der Waals surface area contributed by atoms with E-state index < -0.39 is 48.0 Å². The molecule has 142 valence electrons. The molecular weight excluding hydrogens is 346 g/mol. The van der Waals surface area contributed by atoms with Crippen molar-refractivity contribution in [1.82, 2.24) is 0 Å². The maximum absolute atomic E-state index is 13.0. The molecule has 0 aliphatic rings. The van der Waals surface area contributed by atoms with Crippen LogP contribution in [-0.4, -0.2) is 37.5 Å². The fourth-order valence-electron chi connectivity index (χ4n) is 2.21. The van der Waals surface area contributed by atoms with Crippen molar-refractivity contribution in [2.24, 2.45) is 23.7 Å². The van der Waals surface area contributed by atoms with Gasteiger partial charge in [0.25, 0.3) is 0 Å². The smallest absolute Gasteiger partial charge is 0.392 e. The zero-order valence-corrected chi connectivity index (χ0v) is 13.6. The minimum absolute atomic E-state index is 0.337. The second-order valence-electron chi connectivity index (χ2n) is 5.22. The summed E-state index contributed by atoms with van der Waals surface area (Å²) in [6.07, 6.45) is -9.99. The SMILES string of the molecule is CCOC(=O)C(C(C(=O)OCC)C(C)C(F)(F)F)C(C)C(F)(F)F. The van der Waals surface area contributed by atoms with Crippen LogP contribution in [0.15, 0.2) is 0 Å². The summed E-state index contributed by atoms with van der Waals surface area (Å²) < 4.78 is 87.1. The average molecular weight is 366 g/mol. The van der Waals surface area contributed by atoms with Gasteiger partial charge >= 0.3 is 24.3 Å². The first-order valence-corrected chi connectivity index (χ1v) is 7.25. The highest BCUT2D eigenvalue weighted by atomic mass is 19.4. The first-order valence-electron chi connectivity index (χ1n) is 7.25. The van der Waals surface area contributed by atoms with Crippen LogP contribution in [0.2, 0.25) is 0 Å². The highest BCUT2D eigenvalue weighted by Gasteiger charge is 2.56. The van der Waals surface area contributed by atoms with Crippen molar-refractivity contribution < 1.29 is 45.4 Å². The molecule has 0 spiro atoms. The third-order valence-corrected chi connectivity index (χ3v) is 3.61. The van der Waals surface area contributed by atoms with Gasteiger partial charge in [-0.15, -0.1) is 0 Å². The molecule has 0 aromatic carbocycles. The number of hydrogen-bond acceptors (Lipinski definition) is 4. The second-order valence-corrected chi connectivity index (χ2v) is 5.22. The van der Waals surface area contributed by atoms with Crippen LogP contribution in [-0.2, 0) is 19.1 Å². The number of carbonyl (C=O) groups excluding carboxylic acids is 2. The van der Waals surface area contributed by atoms with E-state index in [9.17, 15) is 35.9 Å². The molecule has 0 radical (unpaired) electrons. The lowest BCUT2D eigenvalue weighted by molar-refractivity contribution is -0.225. The molecule has 0 heterocycles. The van der Waals surface area contributed by atoms with E-state index in [0.717, 1.165) is 0 Å². The molecule has 0 fully saturated rings. The summed E-state index contributed by atoms with van der Waals surface area (Å²) in [5, 5.41) is 0. The monoisotopic (exact) mass is 366 g/mol. The Bertz CT molecular complexity index is 392. The Balaban J connectivity index is 6.05. The molecule has 4 atom stereocenters. The van der Waals surface area contributed by atoms with Gasteiger partial charge in [-0.25, -0.2) is 0 Å². The molecule has 0 N–H and O–H groups in total. The summed E-state index contributed by atoms with van der Waals surface area (Å²) in [6, 6.07) is 0. The van der Waals surface area contributed by atoms with Gasteiger partial charge in [-0.05, 0) is 13.8 Å². The Morgan fingerprint density at radius 3 is 1.17 bits per heavy atom. The fraction of sp³-hybridized carbons (Fsp3) is 0.857. The Morgan fingerprint density at radius 2 is 1.00 bits per heavy atom. The van der Waals surface area contributed by atoms with Crippen molar-refractivity contribution in [3.63, 3.8) is 0 Å². The second kappa shape index (κ2) is 8.57. The van der Waals surface area contributed by atoms with Gasteiger partial charge in [0.15, 0.2) is 0 Å². The summed E-state index contributed by atoms with van der Waals surface area (Å²) in [7, 11) is 0. The van der Waals surface area contributed by atoms with Crippen LogP contribution in [0.25, 0.3) is 0 Å². The number of halogens is 6. The number of alkyl halides is 6. The molecule has 4 unspecified atom stereocenters. The largest absolute Gasteiger partial charge is 0.466 e. The normalized spacial score (nSPS) is 17.6. The zero-order valence-electron chi connectivity index (χ0n) is 13.6. The number of carbonyl (C=O) groups is 2. The van der Waals surface area contributed by atoms with E-state index in [4.69, 9.17) is 0 Å². The lowest BCUT2D eigenvalue weighted by atomic mass is 9.75. The molecule has 0 aromatic rings. The minimum Gasteiger partial charge on any atom is -0.466 e. The van der Waals surface area contributed by atoms with Crippen molar-refractivity contribution in [3.05, 3.63) is 0 Å². The summed E-state index contributed by atoms with van der Waals surface area (Å²) in [5.74, 6) is -12.8. The third-order valence-electron chi connectivity index (χ3n) is 3.61. The fourth-order valence-corrected chi connectivity index (χ4v) is 2.21. The molecule has 0 saturated carbocycles. The average Bonchev–Trinajstić information content (AvgIpc) is 2.41. The van der Waals surface area contributed by atoms with E-state index in [0.29, 0.717) is 13.8 Å². The Kier molecular flexibility index (Phi) is 8.04. The first-order chi connectivity index (χ1) is 10.8. The Labute approximate surface area is 135 Å². The highest BCUT2D eigenvalue weighted by molar-refractivity contribution is 5.82. The molecule has 0 aliphatic carbocycles. The molecule has 0 aromatic heterocycles. The predicted octanol–water partition coefficient (Wildman–Crippen LogP) is 3.74. The van der Waals surface area contributed by atoms with Gasteiger partial charge < -0.3 is 9.47 Å². The Hall–Kier alpha value is -1.48. The Morgan fingerprint density at radius 1 is 0.750 bits per heavy atom. The topological polar surface area (TPSA) is 52.6 Å². The van der Waals surface area contributed by atoms with Crippen LogP contribution < -0.4 is 0 Å². The first kappa shape index (κ1) is 22.5. The molecule has 0 amide bonds. The van der Waals surface area contributed by atoms with Gasteiger partial charge in [0.1, 0.15) is 0 Å². The molecule has 10 heteroatoms. The molecule has 0 saturated heterocycles. The van der Waals surface area contributed by atoms with Crippen LogP contribution in [0, 0.1) is 23.7 Å². The van der Waals surface area contributed by atoms with E-state index in [1.807, 2.05) is 0 Å². The van der Waals surface area contributed by atoms with Crippen molar-refractivity contribution in [1.29, 1.82) is 0 Å². The van der Waals surface area contributed by atoms with Gasteiger partial charge in [0, 0.05) is 0 Å². The summed E-state index contributed by atoms with van der Waals surface area (Å²) in [5.41, 5.74) is 0. The van der Waals surface area contributed by atoms with Crippen molar-refractivity contribution in [2.75, 3.05) is 13.2 Å². The van der Waals surface area contributed by atoms with Crippen molar-refractivity contribution in [3.8, 4) is 0 Å². The van der Waals surface area contributed by atoms with Crippen LogP contribution >= 0.6 is 0 Å². The van der Waals surface area contributed by atoms with E-state index in [2.05, 4.69) is 9.47 Å². The van der Waals surface area contributed by atoms with Crippen molar-refractivity contribution >= 4 is 11.9 Å². The van der Waals surface area contributed by atoms with Crippen LogP contribution in [0.5, 0.6) is 0 Å². The van der Waals surface area contributed by atoms with E-state index in [1.165, 1.54) is 13.8 Å². The quantitative estimate of drug-likeness (QED) is 0.509. The predicted molar refractivity (Wildman–Crippen MR) is 70.7 cm³/mol. The van der Waals surface area contributed by atoms with Gasteiger partial charge in [0.05, 0.1) is 36.9 Å². The third kappa shape index (κ3) is 5.86. The number of rotatable bonds is 7. The molecule has 0 aliphatic heterocycles. The van der Waals surface area contributed by atoms with Crippen LogP contribution in [0.1, 0.15) is 27.7 Å². The summed E-state index contributed by atoms with van der Waals surface area (Å²) in [4.78, 5) is 23.8. The maximum atomic E-state index is 13.0. The highest BCUT2D eigenvalue weighted by Crippen LogP contribution is 2.43. The van der Waals surface area contributed by atoms with Gasteiger partial charge in [-0.2, -0.15) is 26.3 Å². The van der Waals surface area contributed by atoms with E-state index >= 15 is 0 Å². The molecule has 4 nitrogen and oxygen atoms in total. The molecule has 0 rings (SSSR count). The summed E-state index contributed by atoms with van der Waals surface area (Å²) >= 11 is 0. The summed E-state index contributed by atoms with van der Waals surface area (Å²) in [6.45, 7) is 2.99. The maximum Gasteiger partial charge on any atom is 0.392 e. The number of ether oxygens (including phenoxy) is 2. The van der Waals surface area contributed by atoms with Crippen LogP contribution in [0.4, 0.5) is 26.3 Å². The van der Waals surface area contributed by atoms with Gasteiger partial charge in [0.2, 0.25) is 0 Å². The number of esters is 2.